The number of benzene rings is 1. The first-order valence-electron chi connectivity index (χ1n) is 8.26. The summed E-state index contributed by atoms with van der Waals surface area (Å²) in [5.74, 6) is -1.47. The summed E-state index contributed by atoms with van der Waals surface area (Å²) in [6, 6.07) is 9.44. The fourth-order valence-corrected chi connectivity index (χ4v) is 3.30. The molecule has 154 valence electrons. The Morgan fingerprint density at radius 3 is 2.38 bits per heavy atom. The molecule has 0 radical (unpaired) electrons. The van der Waals surface area contributed by atoms with Gasteiger partial charge in [0.05, 0.1) is 11.4 Å². The Kier molecular flexibility index (Phi) is 5.87. The van der Waals surface area contributed by atoms with Crippen molar-refractivity contribution >= 4 is 11.8 Å². The number of thioether (sulfide) groups is 1. The molecule has 0 aliphatic carbocycles. The fourth-order valence-electron chi connectivity index (χ4n) is 2.49. The highest BCUT2D eigenvalue weighted by Gasteiger charge is 2.31. The van der Waals surface area contributed by atoms with E-state index in [4.69, 9.17) is 0 Å². The van der Waals surface area contributed by atoms with E-state index in [9.17, 15) is 26.3 Å². The third kappa shape index (κ3) is 5.72. The van der Waals surface area contributed by atoms with E-state index in [2.05, 4.69) is 15.1 Å². The van der Waals surface area contributed by atoms with Gasteiger partial charge in [-0.05, 0) is 36.8 Å². The number of halogens is 6. The van der Waals surface area contributed by atoms with Crippen LogP contribution in [0.15, 0.2) is 47.5 Å². The summed E-state index contributed by atoms with van der Waals surface area (Å²) in [4.78, 5) is 8.40. The number of aromatic nitrogens is 4. The number of pyridine rings is 1. The zero-order valence-electron chi connectivity index (χ0n) is 14.9. The van der Waals surface area contributed by atoms with Crippen molar-refractivity contribution in [1.29, 1.82) is 0 Å². The van der Waals surface area contributed by atoms with E-state index < -0.39 is 30.4 Å². The molecule has 0 aliphatic heterocycles. The van der Waals surface area contributed by atoms with Crippen LogP contribution < -0.4 is 0 Å². The first-order chi connectivity index (χ1) is 13.5. The van der Waals surface area contributed by atoms with Crippen LogP contribution >= 0.6 is 11.8 Å². The van der Waals surface area contributed by atoms with Crippen molar-refractivity contribution in [3.63, 3.8) is 0 Å². The van der Waals surface area contributed by atoms with Gasteiger partial charge < -0.3 is 0 Å². The molecule has 3 aromatic rings. The molecule has 0 aliphatic rings. The zero-order valence-corrected chi connectivity index (χ0v) is 15.7. The zero-order chi connectivity index (χ0) is 21.2. The van der Waals surface area contributed by atoms with Gasteiger partial charge in [0.25, 0.3) is 0 Å². The second kappa shape index (κ2) is 8.05. The van der Waals surface area contributed by atoms with E-state index in [0.29, 0.717) is 33.6 Å². The maximum atomic E-state index is 12.8. The number of aryl methyl sites for hydroxylation is 1. The van der Waals surface area contributed by atoms with Crippen LogP contribution in [0.25, 0.3) is 17.2 Å². The van der Waals surface area contributed by atoms with Gasteiger partial charge in [0.2, 0.25) is 0 Å². The minimum absolute atomic E-state index is 0.0699. The standard InChI is InChI=1S/C18H14F6N4S/c1-11-5-6-12(8-14(11)29-10-18(22,23)24)28-16(13-4-2-3-7-25-13)26-15(27-28)9-17(19,20)21/h2-8H,9-10H2,1H3. The van der Waals surface area contributed by atoms with Crippen molar-refractivity contribution in [1.82, 2.24) is 19.7 Å². The van der Waals surface area contributed by atoms with Crippen LogP contribution in [-0.2, 0) is 6.42 Å². The van der Waals surface area contributed by atoms with Crippen LogP contribution in [0.4, 0.5) is 26.3 Å². The predicted molar refractivity (Wildman–Crippen MR) is 95.9 cm³/mol. The molecule has 0 saturated heterocycles. The van der Waals surface area contributed by atoms with E-state index in [1.54, 1.807) is 37.3 Å². The Balaban J connectivity index is 2.05. The Hall–Kier alpha value is -2.56. The highest BCUT2D eigenvalue weighted by Crippen LogP contribution is 2.32. The number of hydrogen-bond acceptors (Lipinski definition) is 4. The summed E-state index contributed by atoms with van der Waals surface area (Å²) in [5.41, 5.74) is 1.19. The van der Waals surface area contributed by atoms with Crippen molar-refractivity contribution in [3.05, 3.63) is 54.0 Å². The Bertz CT molecular complexity index is 982. The van der Waals surface area contributed by atoms with Gasteiger partial charge in [-0.25, -0.2) is 9.67 Å². The molecule has 0 N–H and O–H groups in total. The van der Waals surface area contributed by atoms with Crippen LogP contribution in [0.3, 0.4) is 0 Å². The lowest BCUT2D eigenvalue weighted by molar-refractivity contribution is -0.128. The van der Waals surface area contributed by atoms with Crippen LogP contribution in [0.1, 0.15) is 11.4 Å². The van der Waals surface area contributed by atoms with Gasteiger partial charge in [0, 0.05) is 11.1 Å². The van der Waals surface area contributed by atoms with Gasteiger partial charge in [-0.1, -0.05) is 12.1 Å². The summed E-state index contributed by atoms with van der Waals surface area (Å²) < 4.78 is 77.3. The molecule has 0 unspecified atom stereocenters. The van der Waals surface area contributed by atoms with Crippen molar-refractivity contribution in [2.45, 2.75) is 30.6 Å². The quantitative estimate of drug-likeness (QED) is 0.400. The lowest BCUT2D eigenvalue weighted by atomic mass is 10.2. The molecule has 0 saturated carbocycles. The number of alkyl halides is 6. The molecule has 11 heteroatoms. The summed E-state index contributed by atoms with van der Waals surface area (Å²) >= 11 is 0.599. The van der Waals surface area contributed by atoms with E-state index >= 15 is 0 Å². The highest BCUT2D eigenvalue weighted by molar-refractivity contribution is 7.99. The highest BCUT2D eigenvalue weighted by atomic mass is 32.2. The molecule has 2 heterocycles. The monoisotopic (exact) mass is 432 g/mol. The molecule has 0 bridgehead atoms. The minimum Gasteiger partial charge on any atom is -0.253 e. The topological polar surface area (TPSA) is 43.6 Å². The van der Waals surface area contributed by atoms with E-state index in [1.165, 1.54) is 16.9 Å². The van der Waals surface area contributed by atoms with Crippen LogP contribution in [-0.4, -0.2) is 37.9 Å². The van der Waals surface area contributed by atoms with Crippen LogP contribution in [0.5, 0.6) is 0 Å². The molecule has 1 aromatic carbocycles. The average Bonchev–Trinajstić information content (AvgIpc) is 3.03. The maximum Gasteiger partial charge on any atom is 0.398 e. The molecule has 29 heavy (non-hydrogen) atoms. The van der Waals surface area contributed by atoms with E-state index in [-0.39, 0.29) is 5.82 Å². The largest absolute Gasteiger partial charge is 0.398 e. The number of rotatable bonds is 5. The fraction of sp³-hybridized carbons (Fsp3) is 0.278. The lowest BCUT2D eigenvalue weighted by Crippen LogP contribution is -2.13. The van der Waals surface area contributed by atoms with Gasteiger partial charge >= 0.3 is 12.4 Å². The third-order valence-electron chi connectivity index (χ3n) is 3.71. The molecular formula is C18H14F6N4S. The van der Waals surface area contributed by atoms with Gasteiger partial charge in [-0.2, -0.15) is 31.4 Å². The summed E-state index contributed by atoms with van der Waals surface area (Å²) in [5, 5.41) is 3.94. The summed E-state index contributed by atoms with van der Waals surface area (Å²) in [6.45, 7) is 1.65. The second-order valence-corrected chi connectivity index (χ2v) is 7.14. The van der Waals surface area contributed by atoms with Gasteiger partial charge in [0.15, 0.2) is 11.6 Å². The van der Waals surface area contributed by atoms with Gasteiger partial charge in [0.1, 0.15) is 12.1 Å². The van der Waals surface area contributed by atoms with Crippen molar-refractivity contribution in [2.75, 3.05) is 5.75 Å². The number of nitrogens with zero attached hydrogens (tertiary/aromatic N) is 4. The molecule has 4 nitrogen and oxygen atoms in total. The molecule has 0 spiro atoms. The summed E-state index contributed by atoms with van der Waals surface area (Å²) in [7, 11) is 0. The normalized spacial score (nSPS) is 12.4. The van der Waals surface area contributed by atoms with Gasteiger partial charge in [-0.15, -0.1) is 11.8 Å². The minimum atomic E-state index is -4.51. The average molecular weight is 432 g/mol. The molecular weight excluding hydrogens is 418 g/mol. The first kappa shape index (κ1) is 21.2. The van der Waals surface area contributed by atoms with Crippen molar-refractivity contribution in [2.24, 2.45) is 0 Å². The number of hydrogen-bond donors (Lipinski definition) is 0. The lowest BCUT2D eigenvalue weighted by Gasteiger charge is -2.11. The first-order valence-corrected chi connectivity index (χ1v) is 9.25. The Labute approximate surface area is 166 Å². The van der Waals surface area contributed by atoms with Crippen molar-refractivity contribution in [3.8, 4) is 17.2 Å². The molecule has 3 rings (SSSR count). The summed E-state index contributed by atoms with van der Waals surface area (Å²) in [6.07, 6.45) is -8.73. The van der Waals surface area contributed by atoms with Crippen LogP contribution in [0, 0.1) is 6.92 Å². The van der Waals surface area contributed by atoms with E-state index in [0.717, 1.165) is 0 Å². The maximum absolute atomic E-state index is 12.8. The van der Waals surface area contributed by atoms with Crippen molar-refractivity contribution < 1.29 is 26.3 Å². The van der Waals surface area contributed by atoms with E-state index in [1.807, 2.05) is 0 Å². The molecule has 2 aromatic heterocycles. The molecule has 0 atom stereocenters. The van der Waals surface area contributed by atoms with Crippen LogP contribution in [0.2, 0.25) is 0 Å². The van der Waals surface area contributed by atoms with Gasteiger partial charge in [-0.3, -0.25) is 4.98 Å². The second-order valence-electron chi connectivity index (χ2n) is 6.12. The Morgan fingerprint density at radius 2 is 1.76 bits per heavy atom. The third-order valence-corrected chi connectivity index (χ3v) is 4.93. The predicted octanol–water partition coefficient (Wildman–Crippen LogP) is 5.40. The Morgan fingerprint density at radius 1 is 1.00 bits per heavy atom. The molecule has 0 amide bonds. The smallest absolute Gasteiger partial charge is 0.253 e. The molecule has 0 fully saturated rings. The SMILES string of the molecule is Cc1ccc(-n2nc(CC(F)(F)F)nc2-c2ccccn2)cc1SCC(F)(F)F.